The van der Waals surface area contributed by atoms with Crippen LogP contribution in [0.5, 0.6) is 5.75 Å². The third-order valence-corrected chi connectivity index (χ3v) is 7.88. The monoisotopic (exact) mass is 513 g/mol. The van der Waals surface area contributed by atoms with Crippen molar-refractivity contribution in [2.75, 3.05) is 32.5 Å². The molecule has 1 fully saturated rings. The number of aromatic nitrogens is 3. The lowest BCUT2D eigenvalue weighted by molar-refractivity contribution is 0.238. The summed E-state index contributed by atoms with van der Waals surface area (Å²) in [5.74, 6) is 0.886. The lowest BCUT2D eigenvalue weighted by Crippen LogP contribution is -2.25. The smallest absolute Gasteiger partial charge is 0.162 e. The third kappa shape index (κ3) is 5.00. The Bertz CT molecular complexity index is 1560. The van der Waals surface area contributed by atoms with Gasteiger partial charge in [-0.2, -0.15) is 5.10 Å². The van der Waals surface area contributed by atoms with Crippen LogP contribution in [0.25, 0.3) is 38.7 Å². The van der Waals surface area contributed by atoms with Crippen LogP contribution < -0.4 is 10.9 Å². The zero-order valence-electron chi connectivity index (χ0n) is 21.0. The molecule has 190 valence electrons. The second-order valence-corrected chi connectivity index (χ2v) is 10.5. The van der Waals surface area contributed by atoms with Crippen LogP contribution in [0.3, 0.4) is 0 Å². The highest BCUT2D eigenvalue weighted by molar-refractivity contribution is 7.84. The summed E-state index contributed by atoms with van der Waals surface area (Å²) in [4.78, 5) is 8.07. The van der Waals surface area contributed by atoms with Gasteiger partial charge in [0.15, 0.2) is 5.65 Å². The maximum absolute atomic E-state index is 12.2. The van der Waals surface area contributed by atoms with Crippen molar-refractivity contribution >= 4 is 27.2 Å². The van der Waals surface area contributed by atoms with Gasteiger partial charge in [0.25, 0.3) is 0 Å². The first-order chi connectivity index (χ1) is 17.7. The van der Waals surface area contributed by atoms with E-state index in [0.29, 0.717) is 6.61 Å². The SMILES string of the molecule is CS(=O)c1ccc(-c2cnn3cc(-c4ccc(OCCN5CCCC5)cc4)cnc23)c2ccccc12.N. The molecule has 0 aliphatic carbocycles. The molecule has 1 aliphatic rings. The number of fused-ring (bicyclic) bond motifs is 2. The molecule has 3 N–H and O–H groups in total. The van der Waals surface area contributed by atoms with Gasteiger partial charge in [0.2, 0.25) is 0 Å². The Morgan fingerprint density at radius 1 is 0.892 bits per heavy atom. The summed E-state index contributed by atoms with van der Waals surface area (Å²) in [5.41, 5.74) is 4.82. The van der Waals surface area contributed by atoms with E-state index in [1.807, 2.05) is 65.6 Å². The van der Waals surface area contributed by atoms with Gasteiger partial charge in [-0.1, -0.05) is 42.5 Å². The van der Waals surface area contributed by atoms with Crippen molar-refractivity contribution in [1.29, 1.82) is 0 Å². The van der Waals surface area contributed by atoms with Crippen LogP contribution >= 0.6 is 0 Å². The minimum absolute atomic E-state index is 0. The lowest BCUT2D eigenvalue weighted by atomic mass is 10.00. The number of benzene rings is 3. The largest absolute Gasteiger partial charge is 0.492 e. The Morgan fingerprint density at radius 2 is 1.65 bits per heavy atom. The van der Waals surface area contributed by atoms with Gasteiger partial charge in [-0.15, -0.1) is 0 Å². The highest BCUT2D eigenvalue weighted by atomic mass is 32.2. The van der Waals surface area contributed by atoms with Crippen LogP contribution in [-0.2, 0) is 10.8 Å². The Kier molecular flexibility index (Phi) is 7.32. The molecule has 0 saturated carbocycles. The molecule has 8 heteroatoms. The molecule has 5 aromatic rings. The number of rotatable bonds is 7. The topological polar surface area (TPSA) is 94.7 Å². The second-order valence-electron chi connectivity index (χ2n) is 9.20. The lowest BCUT2D eigenvalue weighted by Gasteiger charge is -2.15. The Balaban J connectivity index is 0.00000280. The Labute approximate surface area is 219 Å². The fourth-order valence-electron chi connectivity index (χ4n) is 5.01. The van der Waals surface area contributed by atoms with E-state index in [4.69, 9.17) is 9.72 Å². The minimum atomic E-state index is -1.06. The van der Waals surface area contributed by atoms with Crippen molar-refractivity contribution in [3.05, 3.63) is 79.3 Å². The molecule has 6 rings (SSSR count). The van der Waals surface area contributed by atoms with Gasteiger partial charge in [0.1, 0.15) is 12.4 Å². The molecular formula is C29H31N5O2S. The molecule has 0 radical (unpaired) electrons. The normalized spacial score (nSPS) is 14.6. The zero-order chi connectivity index (χ0) is 24.5. The summed E-state index contributed by atoms with van der Waals surface area (Å²) in [7, 11) is -1.06. The van der Waals surface area contributed by atoms with E-state index in [1.54, 1.807) is 6.26 Å². The molecule has 0 spiro atoms. The predicted molar refractivity (Wildman–Crippen MR) is 150 cm³/mol. The Morgan fingerprint density at radius 3 is 2.41 bits per heavy atom. The summed E-state index contributed by atoms with van der Waals surface area (Å²) in [6.07, 6.45) is 10.1. The van der Waals surface area contributed by atoms with Gasteiger partial charge in [-0.05, 0) is 66.0 Å². The van der Waals surface area contributed by atoms with Crippen LogP contribution in [0.15, 0.2) is 84.1 Å². The van der Waals surface area contributed by atoms with E-state index >= 15 is 0 Å². The van der Waals surface area contributed by atoms with E-state index in [2.05, 4.69) is 28.2 Å². The molecule has 0 amide bonds. The van der Waals surface area contributed by atoms with Crippen molar-refractivity contribution < 1.29 is 8.95 Å². The predicted octanol–water partition coefficient (Wildman–Crippen LogP) is 5.59. The maximum atomic E-state index is 12.2. The average molecular weight is 514 g/mol. The summed E-state index contributed by atoms with van der Waals surface area (Å²) in [5, 5.41) is 6.65. The molecule has 3 aromatic carbocycles. The first-order valence-electron chi connectivity index (χ1n) is 12.3. The van der Waals surface area contributed by atoms with Gasteiger partial charge in [0.05, 0.1) is 17.0 Å². The first-order valence-corrected chi connectivity index (χ1v) is 13.9. The van der Waals surface area contributed by atoms with Crippen LogP contribution in [0.4, 0.5) is 0 Å². The molecule has 0 bridgehead atoms. The highest BCUT2D eigenvalue weighted by Gasteiger charge is 2.15. The molecule has 1 aliphatic heterocycles. The maximum Gasteiger partial charge on any atom is 0.162 e. The summed E-state index contributed by atoms with van der Waals surface area (Å²) in [6, 6.07) is 20.2. The number of ether oxygens (including phenoxy) is 1. The van der Waals surface area contributed by atoms with Crippen molar-refractivity contribution in [2.24, 2.45) is 0 Å². The highest BCUT2D eigenvalue weighted by Crippen LogP contribution is 2.34. The van der Waals surface area contributed by atoms with Gasteiger partial charge >= 0.3 is 0 Å². The second kappa shape index (κ2) is 10.8. The van der Waals surface area contributed by atoms with Gasteiger partial charge < -0.3 is 10.9 Å². The summed E-state index contributed by atoms with van der Waals surface area (Å²) >= 11 is 0. The number of hydrogen-bond acceptors (Lipinski definition) is 6. The van der Waals surface area contributed by atoms with E-state index in [9.17, 15) is 4.21 Å². The minimum Gasteiger partial charge on any atom is -0.492 e. The van der Waals surface area contributed by atoms with Crippen LogP contribution in [0, 0.1) is 0 Å². The van der Waals surface area contributed by atoms with Crippen molar-refractivity contribution in [2.45, 2.75) is 17.7 Å². The number of likely N-dealkylation sites (tertiary alicyclic amines) is 1. The molecule has 2 aromatic heterocycles. The van der Waals surface area contributed by atoms with Gasteiger partial charge in [-0.3, -0.25) is 9.11 Å². The third-order valence-electron chi connectivity index (χ3n) is 6.90. The quantitative estimate of drug-likeness (QED) is 0.305. The van der Waals surface area contributed by atoms with Crippen molar-refractivity contribution in [3.63, 3.8) is 0 Å². The van der Waals surface area contributed by atoms with Gasteiger partial charge in [0, 0.05) is 41.2 Å². The van der Waals surface area contributed by atoms with Gasteiger partial charge in [-0.25, -0.2) is 9.50 Å². The van der Waals surface area contributed by atoms with Crippen molar-refractivity contribution in [1.82, 2.24) is 25.6 Å². The van der Waals surface area contributed by atoms with E-state index < -0.39 is 10.8 Å². The molecule has 1 unspecified atom stereocenters. The molecule has 1 atom stereocenters. The van der Waals surface area contributed by atoms with E-state index in [1.165, 1.54) is 25.9 Å². The molecule has 1 saturated heterocycles. The molecule has 3 heterocycles. The molecule has 7 nitrogen and oxygen atoms in total. The van der Waals surface area contributed by atoms with Crippen LogP contribution in [0.1, 0.15) is 12.8 Å². The fraction of sp³-hybridized carbons (Fsp3) is 0.241. The molecule has 37 heavy (non-hydrogen) atoms. The van der Waals surface area contributed by atoms with Crippen LogP contribution in [0.2, 0.25) is 0 Å². The molecular weight excluding hydrogens is 482 g/mol. The number of hydrogen-bond donors (Lipinski definition) is 1. The average Bonchev–Trinajstić information content (AvgIpc) is 3.58. The van der Waals surface area contributed by atoms with Crippen LogP contribution in [-0.4, -0.2) is 56.2 Å². The summed E-state index contributed by atoms with van der Waals surface area (Å²) < 4.78 is 20.0. The van der Waals surface area contributed by atoms with E-state index in [0.717, 1.165) is 55.9 Å². The summed E-state index contributed by atoms with van der Waals surface area (Å²) in [6.45, 7) is 4.08. The zero-order valence-corrected chi connectivity index (χ0v) is 21.8. The van der Waals surface area contributed by atoms with Crippen molar-refractivity contribution in [3.8, 4) is 28.0 Å². The van der Waals surface area contributed by atoms with E-state index in [-0.39, 0.29) is 6.15 Å². The standard InChI is InChI=1S/C29H28N4O2S.H3N/c1-36(34)28-13-12-25(24-6-2-3-7-26(24)28)27-19-31-33-20-22(18-30-29(27)33)21-8-10-23(11-9-21)35-17-16-32-14-4-5-15-32;/h2-3,6-13,18-20H,4-5,14-17H2,1H3;1H3. The number of nitrogens with zero attached hydrogens (tertiary/aromatic N) is 4. The Hall–Kier alpha value is -3.59. The fourth-order valence-corrected chi connectivity index (χ4v) is 5.76. The first kappa shape index (κ1) is 25.1.